The molecular formula is C30H43NO5. The van der Waals surface area contributed by atoms with Gasteiger partial charge in [0.15, 0.2) is 5.78 Å². The molecule has 1 aliphatic heterocycles. The molecular weight excluding hydrogens is 454 g/mol. The van der Waals surface area contributed by atoms with E-state index in [9.17, 15) is 14.4 Å². The Morgan fingerprint density at radius 1 is 0.833 bits per heavy atom. The van der Waals surface area contributed by atoms with Crippen LogP contribution in [0.3, 0.4) is 0 Å². The van der Waals surface area contributed by atoms with Crippen molar-refractivity contribution in [1.82, 2.24) is 0 Å². The molecule has 0 unspecified atom stereocenters. The first-order valence-electron chi connectivity index (χ1n) is 13.7. The fourth-order valence-corrected chi connectivity index (χ4v) is 4.13. The standard InChI is InChI=1S/C30H43NO5/c1-3-4-5-6-7-8-9-10-11-12-13-14-15-16-21-35-29(33)25-17-19-26(20-18-25)31-23-27-28(32)22-24(2)36-30(27)34/h17-20,22-23,31H,3-16,21H2,1-2H3. The normalized spacial score (nSPS) is 14.5. The number of allylic oxidation sites excluding steroid dienone is 2. The average molecular weight is 498 g/mol. The fourth-order valence-electron chi connectivity index (χ4n) is 4.13. The number of nitrogens with one attached hydrogen (secondary N) is 1. The lowest BCUT2D eigenvalue weighted by Crippen LogP contribution is -2.20. The third-order valence-corrected chi connectivity index (χ3v) is 6.31. The largest absolute Gasteiger partial charge is 0.462 e. The molecule has 198 valence electrons. The van der Waals surface area contributed by atoms with E-state index in [2.05, 4.69) is 12.2 Å². The highest BCUT2D eigenvalue weighted by atomic mass is 16.5. The minimum atomic E-state index is -0.684. The summed E-state index contributed by atoms with van der Waals surface area (Å²) in [6.07, 6.45) is 20.7. The van der Waals surface area contributed by atoms with E-state index in [4.69, 9.17) is 9.47 Å². The maximum absolute atomic E-state index is 12.2. The van der Waals surface area contributed by atoms with Gasteiger partial charge in [-0.2, -0.15) is 0 Å². The molecule has 0 aromatic heterocycles. The Kier molecular flexibility index (Phi) is 14.3. The first-order valence-corrected chi connectivity index (χ1v) is 13.7. The van der Waals surface area contributed by atoms with E-state index in [0.29, 0.717) is 17.9 Å². The second-order valence-electron chi connectivity index (χ2n) is 9.52. The Labute approximate surface area is 216 Å². The number of anilines is 1. The zero-order chi connectivity index (χ0) is 26.0. The summed E-state index contributed by atoms with van der Waals surface area (Å²) < 4.78 is 10.3. The third-order valence-electron chi connectivity index (χ3n) is 6.31. The van der Waals surface area contributed by atoms with Gasteiger partial charge in [-0.1, -0.05) is 90.4 Å². The molecule has 0 bridgehead atoms. The van der Waals surface area contributed by atoms with Gasteiger partial charge in [0, 0.05) is 18.0 Å². The van der Waals surface area contributed by atoms with E-state index in [0.717, 1.165) is 12.8 Å². The first kappa shape index (κ1) is 29.3. The molecule has 0 amide bonds. The Balaban J connectivity index is 1.51. The van der Waals surface area contributed by atoms with Crippen molar-refractivity contribution in [2.45, 2.75) is 104 Å². The van der Waals surface area contributed by atoms with Crippen molar-refractivity contribution in [2.24, 2.45) is 0 Å². The summed E-state index contributed by atoms with van der Waals surface area (Å²) in [6, 6.07) is 6.69. The molecule has 0 radical (unpaired) electrons. The molecule has 36 heavy (non-hydrogen) atoms. The molecule has 0 atom stereocenters. The number of hydrogen-bond donors (Lipinski definition) is 1. The monoisotopic (exact) mass is 497 g/mol. The molecule has 1 aromatic rings. The molecule has 6 nitrogen and oxygen atoms in total. The molecule has 1 aliphatic rings. The van der Waals surface area contributed by atoms with Crippen molar-refractivity contribution in [3.8, 4) is 0 Å². The second-order valence-corrected chi connectivity index (χ2v) is 9.52. The fraction of sp³-hybridized carbons (Fsp3) is 0.567. The number of benzene rings is 1. The summed E-state index contributed by atoms with van der Waals surface area (Å²) in [5.74, 6) is -1.16. The summed E-state index contributed by atoms with van der Waals surface area (Å²) in [7, 11) is 0. The van der Waals surface area contributed by atoms with Gasteiger partial charge in [-0.25, -0.2) is 9.59 Å². The van der Waals surface area contributed by atoms with Gasteiger partial charge >= 0.3 is 11.9 Å². The highest BCUT2D eigenvalue weighted by molar-refractivity contribution is 6.23. The van der Waals surface area contributed by atoms with Gasteiger partial charge < -0.3 is 14.8 Å². The molecule has 0 fully saturated rings. The number of carbonyl (C=O) groups excluding carboxylic acids is 3. The van der Waals surface area contributed by atoms with Crippen LogP contribution in [0.1, 0.15) is 114 Å². The summed E-state index contributed by atoms with van der Waals surface area (Å²) >= 11 is 0. The van der Waals surface area contributed by atoms with Gasteiger partial charge in [0.25, 0.3) is 0 Å². The maximum Gasteiger partial charge on any atom is 0.348 e. The molecule has 1 aromatic carbocycles. The van der Waals surface area contributed by atoms with Crippen molar-refractivity contribution < 1.29 is 23.9 Å². The summed E-state index contributed by atoms with van der Waals surface area (Å²) in [6.45, 7) is 4.24. The smallest absolute Gasteiger partial charge is 0.348 e. The van der Waals surface area contributed by atoms with E-state index < -0.39 is 11.8 Å². The third kappa shape index (κ3) is 11.7. The predicted octanol–water partition coefficient (Wildman–Crippen LogP) is 7.65. The van der Waals surface area contributed by atoms with Crippen LogP contribution in [0.4, 0.5) is 5.69 Å². The number of esters is 2. The van der Waals surface area contributed by atoms with Gasteiger partial charge in [0.05, 0.1) is 12.2 Å². The number of rotatable bonds is 18. The van der Waals surface area contributed by atoms with Gasteiger partial charge in [0.2, 0.25) is 0 Å². The van der Waals surface area contributed by atoms with E-state index >= 15 is 0 Å². The number of cyclic esters (lactones) is 1. The number of ether oxygens (including phenoxy) is 2. The van der Waals surface area contributed by atoms with Crippen LogP contribution in [0.2, 0.25) is 0 Å². The van der Waals surface area contributed by atoms with Crippen LogP contribution in [0.25, 0.3) is 0 Å². The Morgan fingerprint density at radius 3 is 1.89 bits per heavy atom. The number of unbranched alkanes of at least 4 members (excludes halogenated alkanes) is 13. The predicted molar refractivity (Wildman–Crippen MR) is 144 cm³/mol. The van der Waals surface area contributed by atoms with Crippen molar-refractivity contribution in [1.29, 1.82) is 0 Å². The van der Waals surface area contributed by atoms with E-state index in [-0.39, 0.29) is 17.3 Å². The summed E-state index contributed by atoms with van der Waals surface area (Å²) in [5, 5.41) is 2.89. The van der Waals surface area contributed by atoms with Crippen LogP contribution in [-0.2, 0) is 19.1 Å². The number of carbonyl (C=O) groups is 3. The molecule has 1 N–H and O–H groups in total. The van der Waals surface area contributed by atoms with Gasteiger partial charge in [-0.3, -0.25) is 4.79 Å². The second kappa shape index (κ2) is 17.5. The molecule has 6 heteroatoms. The lowest BCUT2D eigenvalue weighted by molar-refractivity contribution is -0.137. The SMILES string of the molecule is CCCCCCCCCCCCCCCCOC(=O)c1ccc(NC=C2C(=O)C=C(C)OC2=O)cc1. The quantitative estimate of drug-likeness (QED) is 0.0971. The first-order chi connectivity index (χ1) is 17.5. The number of hydrogen-bond acceptors (Lipinski definition) is 6. The number of ketones is 1. The highest BCUT2D eigenvalue weighted by Gasteiger charge is 2.24. The summed E-state index contributed by atoms with van der Waals surface area (Å²) in [4.78, 5) is 36.0. The van der Waals surface area contributed by atoms with E-state index in [1.807, 2.05) is 0 Å². The van der Waals surface area contributed by atoms with Gasteiger partial charge in [-0.05, 0) is 37.6 Å². The zero-order valence-corrected chi connectivity index (χ0v) is 22.1. The minimum absolute atomic E-state index is 0.0720. The van der Waals surface area contributed by atoms with Crippen molar-refractivity contribution in [2.75, 3.05) is 11.9 Å². The van der Waals surface area contributed by atoms with Crippen molar-refractivity contribution in [3.05, 3.63) is 53.4 Å². The van der Waals surface area contributed by atoms with Gasteiger partial charge in [-0.15, -0.1) is 0 Å². The zero-order valence-electron chi connectivity index (χ0n) is 22.1. The molecule has 0 aliphatic carbocycles. The molecule has 0 spiro atoms. The Morgan fingerprint density at radius 2 is 1.36 bits per heavy atom. The maximum atomic E-state index is 12.2. The average Bonchev–Trinajstić information content (AvgIpc) is 2.86. The highest BCUT2D eigenvalue weighted by Crippen LogP contribution is 2.16. The van der Waals surface area contributed by atoms with Crippen LogP contribution < -0.4 is 5.32 Å². The summed E-state index contributed by atoms with van der Waals surface area (Å²) in [5.41, 5.74) is 1.03. The van der Waals surface area contributed by atoms with Crippen LogP contribution in [0, 0.1) is 0 Å². The van der Waals surface area contributed by atoms with Crippen LogP contribution in [-0.4, -0.2) is 24.3 Å². The molecule has 0 saturated heterocycles. The van der Waals surface area contributed by atoms with E-state index in [1.54, 1.807) is 31.2 Å². The van der Waals surface area contributed by atoms with Crippen LogP contribution in [0.5, 0.6) is 0 Å². The topological polar surface area (TPSA) is 81.7 Å². The van der Waals surface area contributed by atoms with Crippen molar-refractivity contribution >= 4 is 23.4 Å². The lowest BCUT2D eigenvalue weighted by Gasteiger charge is -2.12. The Bertz CT molecular complexity index is 885. The lowest BCUT2D eigenvalue weighted by atomic mass is 10.0. The van der Waals surface area contributed by atoms with Crippen molar-refractivity contribution in [3.63, 3.8) is 0 Å². The van der Waals surface area contributed by atoms with Crippen LogP contribution >= 0.6 is 0 Å². The Hall–Kier alpha value is -2.89. The van der Waals surface area contributed by atoms with E-state index in [1.165, 1.54) is 89.3 Å². The molecule has 1 heterocycles. The molecule has 0 saturated carbocycles. The van der Waals surface area contributed by atoms with Gasteiger partial charge in [0.1, 0.15) is 11.3 Å². The van der Waals surface area contributed by atoms with Crippen LogP contribution in [0.15, 0.2) is 47.9 Å². The minimum Gasteiger partial charge on any atom is -0.462 e. The molecule has 2 rings (SSSR count).